The minimum Gasteiger partial charge on any atom is -0.491 e. The van der Waals surface area contributed by atoms with E-state index in [9.17, 15) is 0 Å². The Morgan fingerprint density at radius 2 is 2.15 bits per heavy atom. The summed E-state index contributed by atoms with van der Waals surface area (Å²) < 4.78 is 6.43. The molecule has 2 nitrogen and oxygen atoms in total. The maximum absolute atomic E-state index is 5.44. The average Bonchev–Trinajstić information content (AvgIpc) is 2.04. The fourth-order valence-electron chi connectivity index (χ4n) is 0.960. The summed E-state index contributed by atoms with van der Waals surface area (Å²) in [6, 6.07) is 5.95. The molecule has 74 valence electrons. The molecule has 2 N–H and O–H groups in total. The number of para-hydroxylation sites is 1. The SMILES string of the molecule is Cc1cccc(Br)c1OCCN.Cl. The summed E-state index contributed by atoms with van der Waals surface area (Å²) in [6.45, 7) is 3.11. The lowest BCUT2D eigenvalue weighted by Crippen LogP contribution is -2.11. The summed E-state index contributed by atoms with van der Waals surface area (Å²) in [7, 11) is 0. The monoisotopic (exact) mass is 265 g/mol. The first-order chi connectivity index (χ1) is 5.75. The predicted octanol–water partition coefficient (Wildman–Crippen LogP) is 2.52. The molecule has 13 heavy (non-hydrogen) atoms. The Balaban J connectivity index is 0.00000144. The van der Waals surface area contributed by atoms with E-state index in [4.69, 9.17) is 10.5 Å². The Morgan fingerprint density at radius 3 is 2.69 bits per heavy atom. The van der Waals surface area contributed by atoms with E-state index in [1.54, 1.807) is 0 Å². The van der Waals surface area contributed by atoms with E-state index in [1.165, 1.54) is 0 Å². The van der Waals surface area contributed by atoms with Crippen LogP contribution in [0.15, 0.2) is 22.7 Å². The lowest BCUT2D eigenvalue weighted by atomic mass is 10.2. The summed E-state index contributed by atoms with van der Waals surface area (Å²) in [4.78, 5) is 0. The molecule has 0 aliphatic carbocycles. The van der Waals surface area contributed by atoms with Crippen molar-refractivity contribution in [1.82, 2.24) is 0 Å². The molecule has 0 amide bonds. The molecule has 1 aromatic carbocycles. The van der Waals surface area contributed by atoms with Crippen molar-refractivity contribution in [3.8, 4) is 5.75 Å². The molecule has 0 atom stereocenters. The van der Waals surface area contributed by atoms with Crippen molar-refractivity contribution in [2.45, 2.75) is 6.92 Å². The molecule has 1 rings (SSSR count). The summed E-state index contributed by atoms with van der Waals surface area (Å²) in [5, 5.41) is 0. The van der Waals surface area contributed by atoms with Crippen LogP contribution >= 0.6 is 28.3 Å². The summed E-state index contributed by atoms with van der Waals surface area (Å²) >= 11 is 3.41. The van der Waals surface area contributed by atoms with Gasteiger partial charge in [-0.1, -0.05) is 12.1 Å². The molecule has 0 aliphatic rings. The van der Waals surface area contributed by atoms with Crippen LogP contribution in [0.2, 0.25) is 0 Å². The number of aryl methyl sites for hydroxylation is 1. The summed E-state index contributed by atoms with van der Waals surface area (Å²) in [5.74, 6) is 0.892. The Bertz CT molecular complexity index is 248. The van der Waals surface area contributed by atoms with Crippen molar-refractivity contribution >= 4 is 28.3 Å². The average molecular weight is 267 g/mol. The normalized spacial score (nSPS) is 9.15. The standard InChI is InChI=1S/C9H12BrNO.ClH/c1-7-3-2-4-8(10)9(7)12-6-5-11;/h2-4H,5-6,11H2,1H3;1H. The number of ether oxygens (including phenoxy) is 1. The first kappa shape index (κ1) is 12.8. The van der Waals surface area contributed by atoms with Gasteiger partial charge in [0, 0.05) is 6.54 Å². The van der Waals surface area contributed by atoms with Gasteiger partial charge in [0.15, 0.2) is 0 Å². The van der Waals surface area contributed by atoms with Crippen molar-refractivity contribution in [3.05, 3.63) is 28.2 Å². The van der Waals surface area contributed by atoms with Gasteiger partial charge in [-0.2, -0.15) is 0 Å². The highest BCUT2D eigenvalue weighted by Gasteiger charge is 2.02. The maximum Gasteiger partial charge on any atom is 0.136 e. The molecular weight excluding hydrogens is 253 g/mol. The molecule has 0 heterocycles. The Morgan fingerprint density at radius 1 is 1.46 bits per heavy atom. The van der Waals surface area contributed by atoms with Gasteiger partial charge in [-0.05, 0) is 34.5 Å². The van der Waals surface area contributed by atoms with E-state index in [0.717, 1.165) is 15.8 Å². The molecule has 0 saturated heterocycles. The van der Waals surface area contributed by atoms with Crippen LogP contribution < -0.4 is 10.5 Å². The van der Waals surface area contributed by atoms with E-state index < -0.39 is 0 Å². The van der Waals surface area contributed by atoms with Crippen LogP contribution in [0.3, 0.4) is 0 Å². The fraction of sp³-hybridized carbons (Fsp3) is 0.333. The molecular formula is C9H13BrClNO. The van der Waals surface area contributed by atoms with E-state index in [-0.39, 0.29) is 12.4 Å². The Labute approximate surface area is 93.0 Å². The smallest absolute Gasteiger partial charge is 0.136 e. The third kappa shape index (κ3) is 3.55. The van der Waals surface area contributed by atoms with Crippen molar-refractivity contribution < 1.29 is 4.74 Å². The molecule has 0 saturated carbocycles. The van der Waals surface area contributed by atoms with Gasteiger partial charge in [-0.15, -0.1) is 12.4 Å². The molecule has 0 spiro atoms. The Hall–Kier alpha value is -0.250. The third-order valence-corrected chi connectivity index (χ3v) is 2.15. The molecule has 0 aromatic heterocycles. The van der Waals surface area contributed by atoms with Crippen molar-refractivity contribution in [3.63, 3.8) is 0 Å². The first-order valence-corrected chi connectivity index (χ1v) is 4.63. The van der Waals surface area contributed by atoms with Crippen LogP contribution in [0.5, 0.6) is 5.75 Å². The molecule has 0 bridgehead atoms. The van der Waals surface area contributed by atoms with Gasteiger partial charge in [0.1, 0.15) is 12.4 Å². The number of halogens is 2. The number of hydrogen-bond donors (Lipinski definition) is 1. The van der Waals surface area contributed by atoms with Gasteiger partial charge >= 0.3 is 0 Å². The first-order valence-electron chi connectivity index (χ1n) is 3.83. The maximum atomic E-state index is 5.44. The summed E-state index contributed by atoms with van der Waals surface area (Å²) in [6.07, 6.45) is 0. The minimum atomic E-state index is 0. The predicted molar refractivity (Wildman–Crippen MR) is 60.7 cm³/mol. The molecule has 0 unspecified atom stereocenters. The van der Waals surface area contributed by atoms with Gasteiger partial charge in [-0.3, -0.25) is 0 Å². The highest BCUT2D eigenvalue weighted by molar-refractivity contribution is 9.10. The molecule has 0 aliphatic heterocycles. The van der Waals surface area contributed by atoms with E-state index in [2.05, 4.69) is 15.9 Å². The molecule has 4 heteroatoms. The number of rotatable bonds is 3. The number of hydrogen-bond acceptors (Lipinski definition) is 2. The second-order valence-electron chi connectivity index (χ2n) is 2.52. The van der Waals surface area contributed by atoms with Crippen molar-refractivity contribution in [2.24, 2.45) is 5.73 Å². The van der Waals surface area contributed by atoms with Gasteiger partial charge in [0.25, 0.3) is 0 Å². The molecule has 1 aromatic rings. The van der Waals surface area contributed by atoms with Gasteiger partial charge in [-0.25, -0.2) is 0 Å². The Kier molecular flexibility index (Phi) is 6.12. The quantitative estimate of drug-likeness (QED) is 0.912. The van der Waals surface area contributed by atoms with E-state index in [1.807, 2.05) is 25.1 Å². The van der Waals surface area contributed by atoms with E-state index in [0.29, 0.717) is 13.2 Å². The van der Waals surface area contributed by atoms with Crippen LogP contribution in [-0.2, 0) is 0 Å². The zero-order chi connectivity index (χ0) is 8.97. The zero-order valence-electron chi connectivity index (χ0n) is 7.42. The van der Waals surface area contributed by atoms with Gasteiger partial charge < -0.3 is 10.5 Å². The van der Waals surface area contributed by atoms with E-state index >= 15 is 0 Å². The molecule has 0 fully saturated rings. The zero-order valence-corrected chi connectivity index (χ0v) is 9.82. The number of benzene rings is 1. The lowest BCUT2D eigenvalue weighted by molar-refractivity contribution is 0.324. The molecule has 0 radical (unpaired) electrons. The van der Waals surface area contributed by atoms with Crippen LogP contribution in [0.1, 0.15) is 5.56 Å². The third-order valence-electron chi connectivity index (χ3n) is 1.53. The van der Waals surface area contributed by atoms with Gasteiger partial charge in [0.2, 0.25) is 0 Å². The van der Waals surface area contributed by atoms with Crippen LogP contribution in [0, 0.1) is 6.92 Å². The van der Waals surface area contributed by atoms with Crippen molar-refractivity contribution in [2.75, 3.05) is 13.2 Å². The van der Waals surface area contributed by atoms with Crippen molar-refractivity contribution in [1.29, 1.82) is 0 Å². The highest BCUT2D eigenvalue weighted by atomic mass is 79.9. The lowest BCUT2D eigenvalue weighted by Gasteiger charge is -2.09. The van der Waals surface area contributed by atoms with Crippen LogP contribution in [0.4, 0.5) is 0 Å². The number of nitrogens with two attached hydrogens (primary N) is 1. The fourth-order valence-corrected chi connectivity index (χ4v) is 1.54. The summed E-state index contributed by atoms with van der Waals surface area (Å²) in [5.41, 5.74) is 6.46. The second-order valence-corrected chi connectivity index (χ2v) is 3.38. The van der Waals surface area contributed by atoms with Gasteiger partial charge in [0.05, 0.1) is 4.47 Å². The largest absolute Gasteiger partial charge is 0.491 e. The topological polar surface area (TPSA) is 35.2 Å². The van der Waals surface area contributed by atoms with Crippen LogP contribution in [0.25, 0.3) is 0 Å². The van der Waals surface area contributed by atoms with Crippen LogP contribution in [-0.4, -0.2) is 13.2 Å². The highest BCUT2D eigenvalue weighted by Crippen LogP contribution is 2.27. The second kappa shape index (κ2) is 6.24. The minimum absolute atomic E-state index is 0.